The number of hydrogen-bond acceptors (Lipinski definition) is 8. The van der Waals surface area contributed by atoms with Crippen molar-refractivity contribution in [3.05, 3.63) is 60.8 Å². The van der Waals surface area contributed by atoms with E-state index in [1.54, 1.807) is 6.08 Å². The van der Waals surface area contributed by atoms with E-state index in [9.17, 15) is 30.3 Å². The minimum atomic E-state index is -1.58. The highest BCUT2D eigenvalue weighted by atomic mass is 16.7. The Morgan fingerprint density at radius 3 is 1.56 bits per heavy atom. The molecule has 0 radical (unpaired) electrons. The molecule has 6 N–H and O–H groups in total. The summed E-state index contributed by atoms with van der Waals surface area (Å²) in [6, 6.07) is -0.831. The van der Waals surface area contributed by atoms with Gasteiger partial charge in [-0.05, 0) is 77.0 Å². The van der Waals surface area contributed by atoms with E-state index in [0.29, 0.717) is 6.42 Å². The highest BCUT2D eigenvalue weighted by Gasteiger charge is 2.44. The molecular weight excluding hydrogens is 743 g/mol. The van der Waals surface area contributed by atoms with Gasteiger partial charge in [0.25, 0.3) is 0 Å². The average Bonchev–Trinajstić information content (AvgIpc) is 3.23. The molecule has 1 aliphatic heterocycles. The lowest BCUT2D eigenvalue weighted by molar-refractivity contribution is -0.302. The Balaban J connectivity index is 2.38. The molecule has 0 bridgehead atoms. The Kier molecular flexibility index (Phi) is 37.2. The number of carbonyl (C=O) groups is 1. The summed E-state index contributed by atoms with van der Waals surface area (Å²) < 4.78 is 11.2. The number of allylic oxidation sites excluding steroid dienone is 9. The third kappa shape index (κ3) is 30.6. The van der Waals surface area contributed by atoms with Crippen molar-refractivity contribution >= 4 is 5.91 Å². The fraction of sp³-hybridized carbons (Fsp3) is 0.780. The Bertz CT molecular complexity index is 1100. The standard InChI is InChI=1S/C50H89NO8/c1-3-5-7-9-11-13-15-17-19-21-22-24-26-28-30-32-34-36-38-40-46(54)51-43(42-58-50-49(57)48(56)47(55)45(41-52)59-50)44(53)39-37-35-33-31-29-27-25-23-20-18-16-14-12-10-8-6-4-2/h11,13,17,19-20,23,29,31,37,39,43-45,47-50,52-53,55-57H,3-10,12,14-16,18,21-22,24-28,30,32-36,38,40-42H2,1-2H3,(H,51,54)/b13-11-,19-17-,23-20+,31-29+,39-37+. The quantitative estimate of drug-likeness (QED) is 0.0265. The van der Waals surface area contributed by atoms with Crippen molar-refractivity contribution in [2.75, 3.05) is 13.2 Å². The van der Waals surface area contributed by atoms with E-state index in [1.807, 2.05) is 6.08 Å². The number of nitrogens with one attached hydrogen (secondary N) is 1. The summed E-state index contributed by atoms with van der Waals surface area (Å²) in [5.74, 6) is -0.198. The molecular formula is C50H89NO8. The molecule has 0 aromatic carbocycles. The number of hydrogen-bond donors (Lipinski definition) is 6. The number of rotatable bonds is 39. The monoisotopic (exact) mass is 832 g/mol. The van der Waals surface area contributed by atoms with E-state index >= 15 is 0 Å². The molecule has 1 aliphatic rings. The Morgan fingerprint density at radius 2 is 1.02 bits per heavy atom. The van der Waals surface area contributed by atoms with Gasteiger partial charge in [-0.3, -0.25) is 4.79 Å². The van der Waals surface area contributed by atoms with Gasteiger partial charge < -0.3 is 40.3 Å². The largest absolute Gasteiger partial charge is 0.394 e. The molecule has 342 valence electrons. The van der Waals surface area contributed by atoms with Crippen LogP contribution in [0.25, 0.3) is 0 Å². The first-order chi connectivity index (χ1) is 28.8. The van der Waals surface area contributed by atoms with Crippen molar-refractivity contribution in [3.8, 4) is 0 Å². The first-order valence-electron chi connectivity index (χ1n) is 24.0. The van der Waals surface area contributed by atoms with Crippen molar-refractivity contribution in [2.24, 2.45) is 0 Å². The normalized spacial score (nSPS) is 21.2. The number of aliphatic hydroxyl groups excluding tert-OH is 5. The van der Waals surface area contributed by atoms with Gasteiger partial charge in [-0.1, -0.05) is 171 Å². The lowest BCUT2D eigenvalue weighted by Crippen LogP contribution is -2.60. The summed E-state index contributed by atoms with van der Waals surface area (Å²) in [4.78, 5) is 13.0. The second-order valence-electron chi connectivity index (χ2n) is 16.5. The molecule has 59 heavy (non-hydrogen) atoms. The van der Waals surface area contributed by atoms with Crippen LogP contribution >= 0.6 is 0 Å². The predicted molar refractivity (Wildman–Crippen MR) is 244 cm³/mol. The van der Waals surface area contributed by atoms with E-state index < -0.39 is 49.5 Å². The minimum Gasteiger partial charge on any atom is -0.394 e. The van der Waals surface area contributed by atoms with Gasteiger partial charge in [0, 0.05) is 6.42 Å². The maximum absolute atomic E-state index is 13.0. The van der Waals surface area contributed by atoms with Gasteiger partial charge in [0.2, 0.25) is 5.91 Å². The predicted octanol–water partition coefficient (Wildman–Crippen LogP) is 10.4. The number of amides is 1. The summed E-state index contributed by atoms with van der Waals surface area (Å²) in [6.45, 7) is 3.71. The number of carbonyl (C=O) groups excluding carboxylic acids is 1. The van der Waals surface area contributed by atoms with E-state index in [2.05, 4.69) is 67.8 Å². The second-order valence-corrected chi connectivity index (χ2v) is 16.5. The molecule has 1 saturated heterocycles. The summed E-state index contributed by atoms with van der Waals surface area (Å²) in [5.41, 5.74) is 0. The van der Waals surface area contributed by atoms with Gasteiger partial charge in [0.1, 0.15) is 24.4 Å². The first kappa shape index (κ1) is 54.9. The van der Waals surface area contributed by atoms with Gasteiger partial charge in [0.05, 0.1) is 25.4 Å². The van der Waals surface area contributed by atoms with Crippen LogP contribution in [0.1, 0.15) is 194 Å². The van der Waals surface area contributed by atoms with E-state index in [4.69, 9.17) is 9.47 Å². The summed E-state index contributed by atoms with van der Waals surface area (Å²) in [7, 11) is 0. The maximum Gasteiger partial charge on any atom is 0.220 e. The molecule has 9 heteroatoms. The van der Waals surface area contributed by atoms with Gasteiger partial charge in [-0.15, -0.1) is 0 Å². The fourth-order valence-corrected chi connectivity index (χ4v) is 7.16. The lowest BCUT2D eigenvalue weighted by atomic mass is 9.99. The summed E-state index contributed by atoms with van der Waals surface area (Å²) >= 11 is 0. The Hall–Kier alpha value is -2.11. The highest BCUT2D eigenvalue weighted by molar-refractivity contribution is 5.76. The van der Waals surface area contributed by atoms with Crippen molar-refractivity contribution in [2.45, 2.75) is 236 Å². The van der Waals surface area contributed by atoms with Crippen molar-refractivity contribution < 1.29 is 39.8 Å². The highest BCUT2D eigenvalue weighted by Crippen LogP contribution is 2.22. The molecule has 0 saturated carbocycles. The molecule has 0 aromatic rings. The molecule has 0 spiro atoms. The maximum atomic E-state index is 13.0. The van der Waals surface area contributed by atoms with Gasteiger partial charge >= 0.3 is 0 Å². The first-order valence-corrected chi connectivity index (χ1v) is 24.0. The third-order valence-corrected chi connectivity index (χ3v) is 11.0. The van der Waals surface area contributed by atoms with Crippen LogP contribution in [0.5, 0.6) is 0 Å². The van der Waals surface area contributed by atoms with E-state index in [1.165, 1.54) is 103 Å². The van der Waals surface area contributed by atoms with Gasteiger partial charge in [-0.2, -0.15) is 0 Å². The van der Waals surface area contributed by atoms with Crippen LogP contribution < -0.4 is 5.32 Å². The topological polar surface area (TPSA) is 149 Å². The molecule has 1 fully saturated rings. The van der Waals surface area contributed by atoms with E-state index in [-0.39, 0.29) is 12.5 Å². The lowest BCUT2D eigenvalue weighted by Gasteiger charge is -2.40. The van der Waals surface area contributed by atoms with Gasteiger partial charge in [0.15, 0.2) is 6.29 Å². The SMILES string of the molecule is CCCCC/C=C\C/C=C\CCCCCCCCCCCC(=O)NC(COC1OC(CO)C(O)C(O)C1O)C(O)/C=C/CC/C=C/CC/C=C/CCCCCCCCC. The number of ether oxygens (including phenoxy) is 2. The average molecular weight is 832 g/mol. The van der Waals surface area contributed by atoms with Crippen molar-refractivity contribution in [3.63, 3.8) is 0 Å². The van der Waals surface area contributed by atoms with Crippen LogP contribution in [0.3, 0.4) is 0 Å². The van der Waals surface area contributed by atoms with Crippen LogP contribution in [0.2, 0.25) is 0 Å². The zero-order valence-electron chi connectivity index (χ0n) is 37.5. The van der Waals surface area contributed by atoms with Crippen molar-refractivity contribution in [1.29, 1.82) is 0 Å². The zero-order chi connectivity index (χ0) is 43.0. The minimum absolute atomic E-state index is 0.198. The van der Waals surface area contributed by atoms with Crippen LogP contribution in [0, 0.1) is 0 Å². The zero-order valence-corrected chi connectivity index (χ0v) is 37.5. The molecule has 1 amide bonds. The fourth-order valence-electron chi connectivity index (χ4n) is 7.16. The van der Waals surface area contributed by atoms with Crippen molar-refractivity contribution in [1.82, 2.24) is 5.32 Å². The molecule has 1 rings (SSSR count). The molecule has 1 heterocycles. The molecule has 7 unspecified atom stereocenters. The number of unbranched alkanes of at least 4 members (excludes halogenated alkanes) is 21. The van der Waals surface area contributed by atoms with Gasteiger partial charge in [-0.25, -0.2) is 0 Å². The Labute approximate surface area is 360 Å². The number of aliphatic hydroxyl groups is 5. The van der Waals surface area contributed by atoms with Crippen LogP contribution in [-0.2, 0) is 14.3 Å². The third-order valence-electron chi connectivity index (χ3n) is 11.0. The van der Waals surface area contributed by atoms with Crippen LogP contribution in [0.4, 0.5) is 0 Å². The van der Waals surface area contributed by atoms with Crippen LogP contribution in [0.15, 0.2) is 60.8 Å². The molecule has 7 atom stereocenters. The molecule has 9 nitrogen and oxygen atoms in total. The summed E-state index contributed by atoms with van der Waals surface area (Å²) in [5, 5.41) is 54.2. The molecule has 0 aliphatic carbocycles. The Morgan fingerprint density at radius 1 is 0.576 bits per heavy atom. The summed E-state index contributed by atoms with van der Waals surface area (Å²) in [6.07, 6.45) is 45.4. The second kappa shape index (κ2) is 40.0. The molecule has 0 aromatic heterocycles. The van der Waals surface area contributed by atoms with E-state index in [0.717, 1.165) is 70.6 Å². The van der Waals surface area contributed by atoms with Crippen LogP contribution in [-0.4, -0.2) is 87.5 Å². The smallest absolute Gasteiger partial charge is 0.220 e.